The molecule has 0 aromatic carbocycles. The monoisotopic (exact) mass is 243 g/mol. The van der Waals surface area contributed by atoms with Crippen molar-refractivity contribution in [2.24, 2.45) is 5.92 Å². The SMILES string of the molecule is C=CCNC(=O)NC(=O)CSCC1CNC1. The Balaban J connectivity index is 2.00. The highest BCUT2D eigenvalue weighted by Crippen LogP contribution is 2.11. The number of rotatable bonds is 6. The van der Waals surface area contributed by atoms with Crippen LogP contribution in [0.3, 0.4) is 0 Å². The minimum Gasteiger partial charge on any atom is -0.334 e. The van der Waals surface area contributed by atoms with Gasteiger partial charge in [0.15, 0.2) is 0 Å². The molecular weight excluding hydrogens is 226 g/mol. The van der Waals surface area contributed by atoms with Crippen LogP contribution in [-0.4, -0.2) is 43.1 Å². The molecule has 0 saturated carbocycles. The van der Waals surface area contributed by atoms with Crippen molar-refractivity contribution in [2.75, 3.05) is 31.1 Å². The van der Waals surface area contributed by atoms with E-state index in [0.29, 0.717) is 18.2 Å². The van der Waals surface area contributed by atoms with Crippen molar-refractivity contribution in [3.63, 3.8) is 0 Å². The van der Waals surface area contributed by atoms with Crippen LogP contribution in [0.4, 0.5) is 4.79 Å². The molecule has 3 N–H and O–H groups in total. The number of carbonyl (C=O) groups is 2. The Morgan fingerprint density at radius 1 is 1.50 bits per heavy atom. The first-order chi connectivity index (χ1) is 7.72. The van der Waals surface area contributed by atoms with E-state index in [4.69, 9.17) is 0 Å². The molecule has 6 heteroatoms. The molecule has 3 amide bonds. The third-order valence-electron chi connectivity index (χ3n) is 2.11. The summed E-state index contributed by atoms with van der Waals surface area (Å²) < 4.78 is 0. The Hall–Kier alpha value is -1.01. The third-order valence-corrected chi connectivity index (χ3v) is 3.29. The van der Waals surface area contributed by atoms with Gasteiger partial charge < -0.3 is 10.6 Å². The first kappa shape index (κ1) is 13.1. The van der Waals surface area contributed by atoms with Crippen LogP contribution in [0.15, 0.2) is 12.7 Å². The maximum absolute atomic E-state index is 11.3. The van der Waals surface area contributed by atoms with Crippen molar-refractivity contribution >= 4 is 23.7 Å². The summed E-state index contributed by atoms with van der Waals surface area (Å²) in [7, 11) is 0. The second-order valence-corrected chi connectivity index (χ2v) is 4.62. The fourth-order valence-corrected chi connectivity index (χ4v) is 2.10. The van der Waals surface area contributed by atoms with Crippen molar-refractivity contribution in [3.8, 4) is 0 Å². The molecule has 1 aliphatic rings. The molecule has 1 fully saturated rings. The number of carbonyl (C=O) groups excluding carboxylic acids is 2. The van der Waals surface area contributed by atoms with Crippen molar-refractivity contribution in [1.82, 2.24) is 16.0 Å². The molecule has 5 nitrogen and oxygen atoms in total. The van der Waals surface area contributed by atoms with Crippen molar-refractivity contribution in [3.05, 3.63) is 12.7 Å². The molecular formula is C10H17N3O2S. The average molecular weight is 243 g/mol. The van der Waals surface area contributed by atoms with Crippen LogP contribution < -0.4 is 16.0 Å². The lowest BCUT2D eigenvalue weighted by atomic mass is 10.1. The Morgan fingerprint density at radius 3 is 2.81 bits per heavy atom. The van der Waals surface area contributed by atoms with E-state index in [9.17, 15) is 9.59 Å². The molecule has 90 valence electrons. The van der Waals surface area contributed by atoms with Gasteiger partial charge in [0.1, 0.15) is 0 Å². The quantitative estimate of drug-likeness (QED) is 0.572. The predicted octanol–water partition coefficient (Wildman–Crippen LogP) is -0.0492. The molecule has 0 aromatic heterocycles. The molecule has 0 radical (unpaired) electrons. The summed E-state index contributed by atoms with van der Waals surface area (Å²) in [6.07, 6.45) is 1.56. The van der Waals surface area contributed by atoms with Crippen molar-refractivity contribution < 1.29 is 9.59 Å². The molecule has 16 heavy (non-hydrogen) atoms. The number of urea groups is 1. The van der Waals surface area contributed by atoms with E-state index in [1.54, 1.807) is 17.8 Å². The van der Waals surface area contributed by atoms with Crippen LogP contribution in [0, 0.1) is 5.92 Å². The molecule has 1 heterocycles. The third kappa shape index (κ3) is 5.18. The van der Waals surface area contributed by atoms with Crippen molar-refractivity contribution in [2.45, 2.75) is 0 Å². The smallest absolute Gasteiger partial charge is 0.321 e. The van der Waals surface area contributed by atoms with Gasteiger partial charge in [0.2, 0.25) is 5.91 Å². The molecule has 0 spiro atoms. The summed E-state index contributed by atoms with van der Waals surface area (Å²) in [5.74, 6) is 1.72. The van der Waals surface area contributed by atoms with Crippen LogP contribution in [-0.2, 0) is 4.79 Å². The van der Waals surface area contributed by atoms with Crippen LogP contribution in [0.25, 0.3) is 0 Å². The van der Waals surface area contributed by atoms with Crippen molar-refractivity contribution in [1.29, 1.82) is 0 Å². The Bertz CT molecular complexity index is 267. The second-order valence-electron chi connectivity index (χ2n) is 3.59. The lowest BCUT2D eigenvalue weighted by molar-refractivity contribution is -0.117. The van der Waals surface area contributed by atoms with Gasteiger partial charge in [-0.25, -0.2) is 4.79 Å². The molecule has 0 bridgehead atoms. The van der Waals surface area contributed by atoms with Gasteiger partial charge in [0, 0.05) is 6.54 Å². The zero-order valence-corrected chi connectivity index (χ0v) is 9.94. The maximum atomic E-state index is 11.3. The first-order valence-corrected chi connectivity index (χ1v) is 6.35. The summed E-state index contributed by atoms with van der Waals surface area (Å²) in [6, 6.07) is -0.462. The molecule has 0 aliphatic carbocycles. The van der Waals surface area contributed by atoms with Gasteiger partial charge in [-0.2, -0.15) is 11.8 Å². The highest BCUT2D eigenvalue weighted by Gasteiger charge is 2.17. The predicted molar refractivity (Wildman–Crippen MR) is 65.4 cm³/mol. The summed E-state index contributed by atoms with van der Waals surface area (Å²) >= 11 is 1.56. The van der Waals surface area contributed by atoms with Gasteiger partial charge in [0.25, 0.3) is 0 Å². The van der Waals surface area contributed by atoms with E-state index in [1.165, 1.54) is 0 Å². The summed E-state index contributed by atoms with van der Waals surface area (Å²) in [6.45, 7) is 5.89. The fourth-order valence-electron chi connectivity index (χ4n) is 1.16. The van der Waals surface area contributed by atoms with Crippen LogP contribution in [0.2, 0.25) is 0 Å². The van der Waals surface area contributed by atoms with Gasteiger partial charge in [-0.05, 0) is 24.8 Å². The number of hydrogen-bond donors (Lipinski definition) is 3. The van der Waals surface area contributed by atoms with E-state index in [1.807, 2.05) is 0 Å². The largest absolute Gasteiger partial charge is 0.334 e. The Morgan fingerprint density at radius 2 is 2.25 bits per heavy atom. The van der Waals surface area contributed by atoms with E-state index >= 15 is 0 Å². The van der Waals surface area contributed by atoms with Gasteiger partial charge in [-0.3, -0.25) is 10.1 Å². The summed E-state index contributed by atoms with van der Waals surface area (Å²) in [5.41, 5.74) is 0. The van der Waals surface area contributed by atoms with E-state index in [-0.39, 0.29) is 5.91 Å². The summed E-state index contributed by atoms with van der Waals surface area (Å²) in [5, 5.41) is 7.90. The standard InChI is InChI=1S/C10H17N3O2S/c1-2-3-12-10(15)13-9(14)7-16-6-8-4-11-5-8/h2,8,11H,1,3-7H2,(H2,12,13,14,15). The van der Waals surface area contributed by atoms with Crippen LogP contribution in [0.5, 0.6) is 0 Å². The molecule has 1 aliphatic heterocycles. The number of thioether (sulfide) groups is 1. The zero-order chi connectivity index (χ0) is 11.8. The number of imide groups is 1. The zero-order valence-electron chi connectivity index (χ0n) is 9.12. The highest BCUT2D eigenvalue weighted by atomic mass is 32.2. The fraction of sp³-hybridized carbons (Fsp3) is 0.600. The Kier molecular flexibility index (Phi) is 5.95. The first-order valence-electron chi connectivity index (χ1n) is 5.19. The van der Waals surface area contributed by atoms with Crippen LogP contribution in [0.1, 0.15) is 0 Å². The Labute approximate surface area is 99.4 Å². The minimum atomic E-state index is -0.462. The molecule has 0 unspecified atom stereocenters. The highest BCUT2D eigenvalue weighted by molar-refractivity contribution is 7.99. The van der Waals surface area contributed by atoms with Crippen LogP contribution >= 0.6 is 11.8 Å². The van der Waals surface area contributed by atoms with Gasteiger partial charge in [-0.15, -0.1) is 6.58 Å². The topological polar surface area (TPSA) is 70.2 Å². The average Bonchev–Trinajstić information content (AvgIpc) is 2.18. The van der Waals surface area contributed by atoms with Gasteiger partial charge >= 0.3 is 6.03 Å². The second kappa shape index (κ2) is 7.29. The number of nitrogens with one attached hydrogen (secondary N) is 3. The molecule has 1 rings (SSSR count). The number of hydrogen-bond acceptors (Lipinski definition) is 4. The van der Waals surface area contributed by atoms with E-state index < -0.39 is 6.03 Å². The number of amides is 3. The lowest BCUT2D eigenvalue weighted by Crippen LogP contribution is -2.44. The van der Waals surface area contributed by atoms with E-state index in [0.717, 1.165) is 18.8 Å². The minimum absolute atomic E-state index is 0.251. The van der Waals surface area contributed by atoms with Gasteiger partial charge in [0.05, 0.1) is 5.75 Å². The van der Waals surface area contributed by atoms with E-state index in [2.05, 4.69) is 22.5 Å². The molecule has 0 aromatic rings. The lowest BCUT2D eigenvalue weighted by Gasteiger charge is -2.26. The normalized spacial score (nSPS) is 15.0. The summed E-state index contributed by atoms with van der Waals surface area (Å²) in [4.78, 5) is 22.3. The molecule has 1 saturated heterocycles. The maximum Gasteiger partial charge on any atom is 0.321 e. The van der Waals surface area contributed by atoms with Gasteiger partial charge in [-0.1, -0.05) is 6.08 Å². The molecule has 0 atom stereocenters.